The van der Waals surface area contributed by atoms with Crippen molar-refractivity contribution in [3.05, 3.63) is 69.1 Å². The van der Waals surface area contributed by atoms with Gasteiger partial charge in [0, 0.05) is 18.2 Å². The summed E-state index contributed by atoms with van der Waals surface area (Å²) in [6.07, 6.45) is 0.687. The van der Waals surface area contributed by atoms with Gasteiger partial charge >= 0.3 is 5.69 Å². The third-order valence-corrected chi connectivity index (χ3v) is 5.54. The second kappa shape index (κ2) is 8.75. The summed E-state index contributed by atoms with van der Waals surface area (Å²) in [4.78, 5) is 18.1. The highest BCUT2D eigenvalue weighted by atomic mass is 16.5. The lowest BCUT2D eigenvalue weighted by Crippen LogP contribution is -2.41. The van der Waals surface area contributed by atoms with Crippen LogP contribution in [0.3, 0.4) is 0 Å². The van der Waals surface area contributed by atoms with E-state index in [1.54, 1.807) is 11.7 Å². The molecule has 0 spiro atoms. The number of methoxy groups -OCH3 is 1. The molecule has 0 unspecified atom stereocenters. The smallest absolute Gasteiger partial charge is 0.331 e. The first-order valence-electron chi connectivity index (χ1n) is 10.6. The van der Waals surface area contributed by atoms with Gasteiger partial charge in [-0.3, -0.25) is 9.13 Å². The van der Waals surface area contributed by atoms with E-state index in [0.717, 1.165) is 33.6 Å². The number of nitriles is 1. The molecule has 0 fully saturated rings. The maximum atomic E-state index is 13.3. The van der Waals surface area contributed by atoms with E-state index in [4.69, 9.17) is 14.5 Å². The van der Waals surface area contributed by atoms with Crippen LogP contribution in [0.25, 0.3) is 11.3 Å². The molecule has 0 N–H and O–H groups in total. The van der Waals surface area contributed by atoms with E-state index >= 15 is 0 Å². The lowest BCUT2D eigenvalue weighted by Gasteiger charge is -2.24. The topological polar surface area (TPSA) is 81.5 Å². The van der Waals surface area contributed by atoms with Gasteiger partial charge in [0.05, 0.1) is 31.2 Å². The molecule has 0 aliphatic carbocycles. The van der Waals surface area contributed by atoms with E-state index in [0.29, 0.717) is 36.6 Å². The highest BCUT2D eigenvalue weighted by Gasteiger charge is 2.22. The summed E-state index contributed by atoms with van der Waals surface area (Å²) >= 11 is 0. The maximum absolute atomic E-state index is 13.3. The van der Waals surface area contributed by atoms with Crippen molar-refractivity contribution in [3.8, 4) is 28.8 Å². The molecule has 0 atom stereocenters. The number of ether oxygens (including phenoxy) is 2. The molecular formula is C25H26N4O3. The number of fused-ring (bicyclic) bond motifs is 3. The molecule has 1 aromatic heterocycles. The van der Waals surface area contributed by atoms with E-state index in [1.165, 1.54) is 4.57 Å². The van der Waals surface area contributed by atoms with Crippen LogP contribution in [-0.4, -0.2) is 22.9 Å². The van der Waals surface area contributed by atoms with Crippen LogP contribution in [0.4, 0.5) is 5.69 Å². The summed E-state index contributed by atoms with van der Waals surface area (Å²) < 4.78 is 14.4. The monoisotopic (exact) mass is 430 g/mol. The zero-order valence-electron chi connectivity index (χ0n) is 18.8. The van der Waals surface area contributed by atoms with Crippen LogP contribution < -0.4 is 20.7 Å². The predicted molar refractivity (Wildman–Crippen MR) is 122 cm³/mol. The minimum Gasteiger partial charge on any atom is -0.493 e. The fourth-order valence-electron chi connectivity index (χ4n) is 4.23. The van der Waals surface area contributed by atoms with Crippen molar-refractivity contribution in [2.24, 2.45) is 4.99 Å². The van der Waals surface area contributed by atoms with Crippen LogP contribution in [0, 0.1) is 25.2 Å². The van der Waals surface area contributed by atoms with Crippen molar-refractivity contribution < 1.29 is 9.47 Å². The normalized spacial score (nSPS) is 12.7. The Labute approximate surface area is 186 Å². The lowest BCUT2D eigenvalue weighted by atomic mass is 9.97. The van der Waals surface area contributed by atoms with Crippen molar-refractivity contribution in [2.45, 2.75) is 40.3 Å². The number of benzene rings is 2. The Morgan fingerprint density at radius 2 is 1.84 bits per heavy atom. The molecule has 0 saturated heterocycles. The quantitative estimate of drug-likeness (QED) is 0.619. The van der Waals surface area contributed by atoms with Crippen LogP contribution in [0.2, 0.25) is 0 Å². The van der Waals surface area contributed by atoms with Gasteiger partial charge in [0.1, 0.15) is 12.0 Å². The molecular weight excluding hydrogens is 404 g/mol. The van der Waals surface area contributed by atoms with Crippen molar-refractivity contribution >= 4 is 5.69 Å². The Hall–Kier alpha value is -3.79. The molecule has 2 aromatic carbocycles. The van der Waals surface area contributed by atoms with Gasteiger partial charge in [-0.15, -0.1) is 0 Å². The number of nitrogens with zero attached hydrogens (tertiary/aromatic N) is 4. The van der Waals surface area contributed by atoms with Gasteiger partial charge in [0.2, 0.25) is 0 Å². The minimum absolute atomic E-state index is 0.0673. The molecule has 0 saturated carbocycles. The van der Waals surface area contributed by atoms with Gasteiger partial charge in [-0.2, -0.15) is 5.26 Å². The van der Waals surface area contributed by atoms with Crippen molar-refractivity contribution in [1.29, 1.82) is 5.26 Å². The summed E-state index contributed by atoms with van der Waals surface area (Å²) in [5.41, 5.74) is 5.89. The van der Waals surface area contributed by atoms with E-state index in [-0.39, 0.29) is 12.2 Å². The summed E-state index contributed by atoms with van der Waals surface area (Å²) in [5, 5.41) is 9.34. The van der Waals surface area contributed by atoms with E-state index in [2.05, 4.69) is 12.1 Å². The molecule has 7 heteroatoms. The third kappa shape index (κ3) is 3.92. The SMILES string of the molecule is CCOc1cc2c(cc1OC)-c1cc(=Nc3cc(C)cc(C)c3)n(CC#N)c(=O)n1CC2. The first-order chi connectivity index (χ1) is 15.4. The first kappa shape index (κ1) is 21.4. The fraction of sp³-hybridized carbons (Fsp3) is 0.320. The van der Waals surface area contributed by atoms with Crippen molar-refractivity contribution in [1.82, 2.24) is 9.13 Å². The Morgan fingerprint density at radius 1 is 1.09 bits per heavy atom. The number of hydrogen-bond acceptors (Lipinski definition) is 5. The average Bonchev–Trinajstić information content (AvgIpc) is 2.75. The molecule has 32 heavy (non-hydrogen) atoms. The summed E-state index contributed by atoms with van der Waals surface area (Å²) in [7, 11) is 1.60. The highest BCUT2D eigenvalue weighted by molar-refractivity contribution is 5.70. The number of aryl methyl sites for hydroxylation is 3. The van der Waals surface area contributed by atoms with Crippen LogP contribution in [-0.2, 0) is 19.5 Å². The number of hydrogen-bond donors (Lipinski definition) is 0. The molecule has 0 bridgehead atoms. The average molecular weight is 431 g/mol. The van der Waals surface area contributed by atoms with Gasteiger partial charge in [-0.05, 0) is 68.1 Å². The van der Waals surface area contributed by atoms with Crippen molar-refractivity contribution in [3.63, 3.8) is 0 Å². The molecule has 0 radical (unpaired) electrons. The van der Waals surface area contributed by atoms with E-state index < -0.39 is 0 Å². The summed E-state index contributed by atoms with van der Waals surface area (Å²) in [6.45, 7) is 6.95. The molecule has 2 heterocycles. The summed E-state index contributed by atoms with van der Waals surface area (Å²) in [6, 6.07) is 13.9. The molecule has 164 valence electrons. The zero-order chi connectivity index (χ0) is 22.8. The van der Waals surface area contributed by atoms with Gasteiger partial charge in [0.25, 0.3) is 0 Å². The standard InChI is InChI=1S/C25H26N4O3/c1-5-32-23-13-18-6-8-28-21(20(18)14-22(23)31-4)15-24(29(9-7-26)25(28)30)27-19-11-16(2)10-17(3)12-19/h10-15H,5-6,8-9H2,1-4H3. The van der Waals surface area contributed by atoms with Crippen molar-refractivity contribution in [2.75, 3.05) is 13.7 Å². The van der Waals surface area contributed by atoms with Gasteiger partial charge in [-0.25, -0.2) is 9.79 Å². The number of aromatic nitrogens is 2. The first-order valence-corrected chi connectivity index (χ1v) is 10.6. The van der Waals surface area contributed by atoms with Crippen LogP contribution in [0.5, 0.6) is 11.5 Å². The van der Waals surface area contributed by atoms with E-state index in [9.17, 15) is 10.1 Å². The molecule has 3 aromatic rings. The zero-order valence-corrected chi connectivity index (χ0v) is 18.8. The molecule has 1 aliphatic rings. The second-order valence-corrected chi connectivity index (χ2v) is 7.87. The van der Waals surface area contributed by atoms with Crippen LogP contribution >= 0.6 is 0 Å². The maximum Gasteiger partial charge on any atom is 0.331 e. The van der Waals surface area contributed by atoms with Gasteiger partial charge in [-0.1, -0.05) is 6.07 Å². The third-order valence-electron chi connectivity index (χ3n) is 5.54. The van der Waals surface area contributed by atoms with Gasteiger partial charge < -0.3 is 9.47 Å². The molecule has 1 aliphatic heterocycles. The molecule has 4 rings (SSSR count). The van der Waals surface area contributed by atoms with Gasteiger partial charge in [0.15, 0.2) is 11.5 Å². The van der Waals surface area contributed by atoms with E-state index in [1.807, 2.05) is 51.1 Å². The summed E-state index contributed by atoms with van der Waals surface area (Å²) in [5.74, 6) is 1.31. The Balaban J connectivity index is 1.99. The second-order valence-electron chi connectivity index (χ2n) is 7.87. The minimum atomic E-state index is -0.245. The molecule has 7 nitrogen and oxygen atoms in total. The Kier molecular flexibility index (Phi) is 5.87. The number of rotatable bonds is 5. The molecule has 0 amide bonds. The fourth-order valence-corrected chi connectivity index (χ4v) is 4.23. The van der Waals surface area contributed by atoms with Crippen LogP contribution in [0.15, 0.2) is 46.2 Å². The lowest BCUT2D eigenvalue weighted by molar-refractivity contribution is 0.310. The Morgan fingerprint density at radius 3 is 2.50 bits per heavy atom. The highest BCUT2D eigenvalue weighted by Crippen LogP contribution is 2.37. The largest absolute Gasteiger partial charge is 0.493 e. The van der Waals surface area contributed by atoms with Crippen LogP contribution in [0.1, 0.15) is 23.6 Å². The Bertz CT molecular complexity index is 1340. The predicted octanol–water partition coefficient (Wildman–Crippen LogP) is 3.65.